The number of nitrogens with one attached hydrogen (secondary N) is 1. The average Bonchev–Trinajstić information content (AvgIpc) is 3.33. The zero-order valence-electron chi connectivity index (χ0n) is 22.5. The minimum atomic E-state index is -1.80. The summed E-state index contributed by atoms with van der Waals surface area (Å²) in [4.78, 5) is 27.1. The molecular weight excluding hydrogens is 513 g/mol. The second-order valence-corrected chi connectivity index (χ2v) is 10.2. The molecule has 1 atom stereocenters. The number of hydrogen-bond acceptors (Lipinski definition) is 8. The predicted octanol–water partition coefficient (Wildman–Crippen LogP) is 2.87. The number of nitrogens with zero attached hydrogens (tertiary/aromatic N) is 2. The monoisotopic (exact) mass is 545 g/mol. The van der Waals surface area contributed by atoms with Crippen LogP contribution < -0.4 is 5.32 Å². The number of carbonyl (C=O) groups is 2. The van der Waals surface area contributed by atoms with Crippen molar-refractivity contribution in [2.24, 2.45) is 0 Å². The average molecular weight is 545 g/mol. The molecule has 10 nitrogen and oxygen atoms in total. The Morgan fingerprint density at radius 3 is 2.80 bits per heavy atom. The number of ether oxygens (including phenoxy) is 2. The Morgan fingerprint density at radius 1 is 1.25 bits per heavy atom. The Labute approximate surface area is 232 Å². The second-order valence-electron chi connectivity index (χ2n) is 10.2. The molecule has 0 unspecified atom stereocenters. The summed E-state index contributed by atoms with van der Waals surface area (Å²) >= 11 is 0. The van der Waals surface area contributed by atoms with Gasteiger partial charge >= 0.3 is 13.2 Å². The van der Waals surface area contributed by atoms with E-state index in [2.05, 4.69) is 5.32 Å². The van der Waals surface area contributed by atoms with Gasteiger partial charge in [-0.1, -0.05) is 42.5 Å². The maximum atomic E-state index is 13.1. The van der Waals surface area contributed by atoms with Crippen molar-refractivity contribution >= 4 is 36.2 Å². The first-order valence-corrected chi connectivity index (χ1v) is 13.0. The number of alkyl carbamates (subject to hydrolysis) is 1. The third kappa shape index (κ3) is 7.10. The van der Waals surface area contributed by atoms with Gasteiger partial charge in [0.2, 0.25) is 0 Å². The lowest BCUT2D eigenvalue weighted by Crippen LogP contribution is -2.55. The van der Waals surface area contributed by atoms with Crippen molar-refractivity contribution in [3.63, 3.8) is 0 Å². The van der Waals surface area contributed by atoms with Crippen LogP contribution in [-0.4, -0.2) is 71.9 Å². The molecule has 4 rings (SSSR count). The Kier molecular flexibility index (Phi) is 9.27. The number of para-hydroxylation sites is 1. The molecule has 1 aliphatic heterocycles. The summed E-state index contributed by atoms with van der Waals surface area (Å²) in [5.74, 6) is -1.34. The Balaban J connectivity index is 1.33. The quantitative estimate of drug-likeness (QED) is 0.212. The fraction of sp³-hybridized carbons (Fsp3) is 0.345. The molecule has 1 fully saturated rings. The van der Waals surface area contributed by atoms with E-state index in [0.717, 1.165) is 16.5 Å². The van der Waals surface area contributed by atoms with E-state index in [4.69, 9.17) is 13.9 Å². The van der Waals surface area contributed by atoms with Crippen LogP contribution in [0.5, 0.6) is 0 Å². The van der Waals surface area contributed by atoms with E-state index in [0.29, 0.717) is 37.3 Å². The number of nitriles is 1. The predicted molar refractivity (Wildman–Crippen MR) is 149 cm³/mol. The summed E-state index contributed by atoms with van der Waals surface area (Å²) in [6, 6.07) is 16.6. The lowest BCUT2D eigenvalue weighted by molar-refractivity contribution is -0.141. The van der Waals surface area contributed by atoms with E-state index < -0.39 is 24.7 Å². The molecule has 1 aromatic heterocycles. The van der Waals surface area contributed by atoms with Crippen LogP contribution in [0.25, 0.3) is 17.0 Å². The van der Waals surface area contributed by atoms with Crippen molar-refractivity contribution in [3.8, 4) is 6.07 Å². The lowest BCUT2D eigenvalue weighted by Gasteiger charge is -2.41. The van der Waals surface area contributed by atoms with Gasteiger partial charge in [-0.05, 0) is 49.1 Å². The molecule has 0 radical (unpaired) electrons. The molecule has 2 aromatic carbocycles. The summed E-state index contributed by atoms with van der Waals surface area (Å²) < 4.78 is 16.2. The Bertz CT molecular complexity index is 1430. The maximum absolute atomic E-state index is 13.1. The van der Waals surface area contributed by atoms with Gasteiger partial charge < -0.3 is 34.2 Å². The van der Waals surface area contributed by atoms with Crippen molar-refractivity contribution in [3.05, 3.63) is 77.1 Å². The van der Waals surface area contributed by atoms with E-state index in [1.807, 2.05) is 50.2 Å². The fourth-order valence-corrected chi connectivity index (χ4v) is 4.64. The van der Waals surface area contributed by atoms with Crippen LogP contribution in [0.4, 0.5) is 4.79 Å². The summed E-state index contributed by atoms with van der Waals surface area (Å²) in [5, 5.41) is 32.6. The van der Waals surface area contributed by atoms with E-state index >= 15 is 0 Å². The zero-order valence-corrected chi connectivity index (χ0v) is 22.5. The summed E-state index contributed by atoms with van der Waals surface area (Å²) in [6.07, 6.45) is 2.81. The van der Waals surface area contributed by atoms with Crippen LogP contribution in [0, 0.1) is 11.3 Å². The topological polar surface area (TPSA) is 145 Å². The zero-order chi connectivity index (χ0) is 28.7. The number of benzene rings is 2. The minimum absolute atomic E-state index is 0.0294. The van der Waals surface area contributed by atoms with Crippen LogP contribution in [-0.2, 0) is 27.1 Å². The number of carbonyl (C=O) groups excluding carboxylic acids is 2. The van der Waals surface area contributed by atoms with Crippen molar-refractivity contribution in [1.82, 2.24) is 10.2 Å². The molecule has 1 aliphatic rings. The van der Waals surface area contributed by atoms with Crippen molar-refractivity contribution < 1.29 is 33.5 Å². The molecule has 3 aromatic rings. The molecule has 2 amide bonds. The minimum Gasteiger partial charge on any atom is -0.464 e. The van der Waals surface area contributed by atoms with Gasteiger partial charge in [0.05, 0.1) is 37.6 Å². The molecular formula is C29H32BN3O7. The van der Waals surface area contributed by atoms with Gasteiger partial charge in [0.1, 0.15) is 17.2 Å². The number of furan rings is 1. The first-order valence-electron chi connectivity index (χ1n) is 13.0. The first kappa shape index (κ1) is 28.9. The largest absolute Gasteiger partial charge is 0.475 e. The van der Waals surface area contributed by atoms with E-state index in [-0.39, 0.29) is 24.5 Å². The van der Waals surface area contributed by atoms with Crippen LogP contribution >= 0.6 is 0 Å². The van der Waals surface area contributed by atoms with E-state index in [1.165, 1.54) is 6.26 Å². The molecule has 0 bridgehead atoms. The summed E-state index contributed by atoms with van der Waals surface area (Å²) in [6.45, 7) is 5.08. The van der Waals surface area contributed by atoms with Crippen LogP contribution in [0.2, 0.25) is 0 Å². The number of amides is 2. The van der Waals surface area contributed by atoms with Crippen LogP contribution in [0.3, 0.4) is 0 Å². The maximum Gasteiger partial charge on any atom is 0.475 e. The van der Waals surface area contributed by atoms with Gasteiger partial charge in [-0.2, -0.15) is 5.26 Å². The van der Waals surface area contributed by atoms with Crippen molar-refractivity contribution in [2.45, 2.75) is 38.2 Å². The van der Waals surface area contributed by atoms with E-state index in [1.54, 1.807) is 29.2 Å². The second kappa shape index (κ2) is 12.8. The van der Waals surface area contributed by atoms with Gasteiger partial charge in [-0.25, -0.2) is 4.79 Å². The van der Waals surface area contributed by atoms with Crippen molar-refractivity contribution in [2.75, 3.05) is 26.4 Å². The molecule has 3 N–H and O–H groups in total. The normalized spacial score (nSPS) is 15.8. The third-order valence-electron chi connectivity index (χ3n) is 6.79. The lowest BCUT2D eigenvalue weighted by atomic mass is 9.76. The van der Waals surface area contributed by atoms with Gasteiger partial charge in [0, 0.05) is 18.4 Å². The molecule has 40 heavy (non-hydrogen) atoms. The molecule has 1 saturated heterocycles. The third-order valence-corrected chi connectivity index (χ3v) is 6.79. The number of rotatable bonds is 9. The summed E-state index contributed by atoms with van der Waals surface area (Å²) in [5.41, 5.74) is 2.42. The molecule has 2 heterocycles. The van der Waals surface area contributed by atoms with Gasteiger partial charge in [0.25, 0.3) is 5.91 Å². The molecule has 0 aliphatic carbocycles. The molecule has 208 valence electrons. The van der Waals surface area contributed by atoms with Crippen LogP contribution in [0.15, 0.2) is 64.8 Å². The highest BCUT2D eigenvalue weighted by atomic mass is 16.5. The van der Waals surface area contributed by atoms with Gasteiger partial charge in [-0.15, -0.1) is 0 Å². The molecule has 0 saturated carbocycles. The van der Waals surface area contributed by atoms with Crippen LogP contribution in [0.1, 0.15) is 30.5 Å². The summed E-state index contributed by atoms with van der Waals surface area (Å²) in [7, 11) is -1.80. The number of hydrogen-bond donors (Lipinski definition) is 3. The number of fused-ring (bicyclic) bond motifs is 1. The standard InChI is InChI=1S/C29H32BN3O7/c1-29(2)19-38-13-11-33(29)27(34)22(17-31)15-21-7-5-6-20(14-21)10-12-39-28(35)32-26(30(36)37)16-23-18-40-25-9-4-3-8-24(23)25/h3-9,14-15,18,26,36-37H,10-13,16,19H2,1-2H3,(H,32,35)/b22-15+/t26-/m0/s1. The van der Waals surface area contributed by atoms with E-state index in [9.17, 15) is 24.9 Å². The fourth-order valence-electron chi connectivity index (χ4n) is 4.64. The Hall–Kier alpha value is -4.11. The highest BCUT2D eigenvalue weighted by Gasteiger charge is 2.35. The molecule has 0 spiro atoms. The number of morpholine rings is 1. The van der Waals surface area contributed by atoms with Crippen molar-refractivity contribution in [1.29, 1.82) is 5.26 Å². The Morgan fingerprint density at radius 2 is 2.05 bits per heavy atom. The highest BCUT2D eigenvalue weighted by Crippen LogP contribution is 2.23. The van der Waals surface area contributed by atoms with Gasteiger partial charge in [0.15, 0.2) is 0 Å². The SMILES string of the molecule is CC1(C)COCCN1C(=O)/C(C#N)=C/c1cccc(CCOC(=O)N[C@@H](Cc2coc3ccccc23)B(O)O)c1. The molecule has 11 heteroatoms. The first-order chi connectivity index (χ1) is 19.2. The highest BCUT2D eigenvalue weighted by molar-refractivity contribution is 6.43. The smallest absolute Gasteiger partial charge is 0.464 e. The van der Waals surface area contributed by atoms with Gasteiger partial charge in [-0.3, -0.25) is 4.79 Å².